The van der Waals surface area contributed by atoms with Crippen LogP contribution in [-0.2, 0) is 0 Å². The molecule has 4 N–H and O–H groups in total. The van der Waals surface area contributed by atoms with Gasteiger partial charge in [0, 0.05) is 18.5 Å². The Morgan fingerprint density at radius 2 is 2.17 bits per heavy atom. The summed E-state index contributed by atoms with van der Waals surface area (Å²) in [7, 11) is 0. The van der Waals surface area contributed by atoms with Crippen molar-refractivity contribution in [3.63, 3.8) is 0 Å². The van der Waals surface area contributed by atoms with Gasteiger partial charge in [0.1, 0.15) is 11.6 Å². The van der Waals surface area contributed by atoms with Crippen LogP contribution in [0.2, 0.25) is 0 Å². The summed E-state index contributed by atoms with van der Waals surface area (Å²) in [5, 5.41) is 6.31. The van der Waals surface area contributed by atoms with Crippen LogP contribution < -0.4 is 16.4 Å². The first-order valence-corrected chi connectivity index (χ1v) is 7.94. The van der Waals surface area contributed by atoms with Crippen LogP contribution in [0.15, 0.2) is 24.7 Å². The molecule has 0 spiro atoms. The molecular formula is C17H19FN6. The quantitative estimate of drug-likeness (QED) is 0.558. The Bertz CT molecular complexity index is 763. The van der Waals surface area contributed by atoms with E-state index in [1.807, 2.05) is 0 Å². The number of hydrogen-bond donors (Lipinski definition) is 3. The summed E-state index contributed by atoms with van der Waals surface area (Å²) in [4.78, 5) is 12.5. The lowest BCUT2D eigenvalue weighted by molar-refractivity contribution is 0.622. The minimum absolute atomic E-state index is 0.373. The van der Waals surface area contributed by atoms with Crippen molar-refractivity contribution >= 4 is 17.5 Å². The van der Waals surface area contributed by atoms with E-state index in [9.17, 15) is 4.39 Å². The van der Waals surface area contributed by atoms with Crippen molar-refractivity contribution < 1.29 is 4.39 Å². The van der Waals surface area contributed by atoms with E-state index in [1.165, 1.54) is 12.3 Å². The van der Waals surface area contributed by atoms with E-state index in [4.69, 9.17) is 5.73 Å². The number of nitrogens with one attached hydrogen (secondary N) is 2. The summed E-state index contributed by atoms with van der Waals surface area (Å²) in [5.74, 6) is 6.82. The third-order valence-electron chi connectivity index (χ3n) is 3.40. The highest BCUT2D eigenvalue weighted by molar-refractivity contribution is 5.59. The second-order valence-corrected chi connectivity index (χ2v) is 5.59. The minimum atomic E-state index is -0.418. The van der Waals surface area contributed by atoms with Crippen LogP contribution in [0.3, 0.4) is 0 Å². The summed E-state index contributed by atoms with van der Waals surface area (Å²) >= 11 is 0. The fourth-order valence-electron chi connectivity index (χ4n) is 2.02. The van der Waals surface area contributed by atoms with Crippen molar-refractivity contribution in [3.05, 3.63) is 36.0 Å². The van der Waals surface area contributed by atoms with Gasteiger partial charge in [0.2, 0.25) is 5.95 Å². The fourth-order valence-corrected chi connectivity index (χ4v) is 2.02. The molecule has 1 aliphatic carbocycles. The lowest BCUT2D eigenvalue weighted by Crippen LogP contribution is -2.08. The van der Waals surface area contributed by atoms with E-state index in [-0.39, 0.29) is 0 Å². The van der Waals surface area contributed by atoms with Crippen molar-refractivity contribution in [2.24, 2.45) is 5.73 Å². The molecule has 0 bridgehead atoms. The number of aromatic nitrogens is 3. The SMILES string of the molecule is NCCCC#Cc1cnc(Nc2cncc(F)c2)nc1NC1CC1. The first-order chi connectivity index (χ1) is 11.7. The van der Waals surface area contributed by atoms with Gasteiger partial charge in [-0.3, -0.25) is 4.98 Å². The number of hydrogen-bond acceptors (Lipinski definition) is 6. The predicted molar refractivity (Wildman–Crippen MR) is 91.3 cm³/mol. The lowest BCUT2D eigenvalue weighted by atomic mass is 10.2. The Hall–Kier alpha value is -2.72. The summed E-state index contributed by atoms with van der Waals surface area (Å²) in [6, 6.07) is 1.78. The van der Waals surface area contributed by atoms with Gasteiger partial charge in [-0.2, -0.15) is 4.98 Å². The molecule has 1 saturated carbocycles. The Labute approximate surface area is 140 Å². The zero-order chi connectivity index (χ0) is 16.8. The van der Waals surface area contributed by atoms with Crippen molar-refractivity contribution in [3.8, 4) is 11.8 Å². The molecule has 0 radical (unpaired) electrons. The highest BCUT2D eigenvalue weighted by atomic mass is 19.1. The highest BCUT2D eigenvalue weighted by Crippen LogP contribution is 2.26. The van der Waals surface area contributed by atoms with Gasteiger partial charge < -0.3 is 16.4 Å². The maximum atomic E-state index is 13.2. The molecule has 2 aromatic rings. The zero-order valence-corrected chi connectivity index (χ0v) is 13.2. The van der Waals surface area contributed by atoms with Gasteiger partial charge in [-0.15, -0.1) is 0 Å². The third kappa shape index (κ3) is 4.64. The van der Waals surface area contributed by atoms with Gasteiger partial charge in [0.05, 0.1) is 29.8 Å². The summed E-state index contributed by atoms with van der Waals surface area (Å²) in [6.07, 6.45) is 8.19. The smallest absolute Gasteiger partial charge is 0.229 e. The van der Waals surface area contributed by atoms with Gasteiger partial charge in [-0.1, -0.05) is 11.8 Å². The number of halogens is 1. The van der Waals surface area contributed by atoms with E-state index in [0.29, 0.717) is 30.0 Å². The van der Waals surface area contributed by atoms with Crippen molar-refractivity contribution in [1.29, 1.82) is 0 Å². The van der Waals surface area contributed by atoms with Crippen molar-refractivity contribution in [1.82, 2.24) is 15.0 Å². The number of pyridine rings is 1. The molecular weight excluding hydrogens is 307 g/mol. The Kier molecular flexibility index (Phi) is 5.18. The number of rotatable bonds is 6. The molecule has 0 aromatic carbocycles. The molecule has 2 aromatic heterocycles. The molecule has 24 heavy (non-hydrogen) atoms. The molecule has 0 atom stereocenters. The Morgan fingerprint density at radius 3 is 2.92 bits per heavy atom. The molecule has 0 aliphatic heterocycles. The number of nitrogens with zero attached hydrogens (tertiary/aromatic N) is 3. The van der Waals surface area contributed by atoms with Crippen molar-refractivity contribution in [2.75, 3.05) is 17.2 Å². The Morgan fingerprint density at radius 1 is 1.29 bits per heavy atom. The van der Waals surface area contributed by atoms with Crippen LogP contribution in [0.4, 0.5) is 21.8 Å². The molecule has 6 nitrogen and oxygen atoms in total. The minimum Gasteiger partial charge on any atom is -0.366 e. The maximum absolute atomic E-state index is 13.2. The largest absolute Gasteiger partial charge is 0.366 e. The summed E-state index contributed by atoms with van der Waals surface area (Å²) in [6.45, 7) is 0.628. The molecule has 3 rings (SSSR count). The van der Waals surface area contributed by atoms with Crippen LogP contribution >= 0.6 is 0 Å². The van der Waals surface area contributed by atoms with Gasteiger partial charge in [-0.05, 0) is 25.8 Å². The molecule has 1 fully saturated rings. The van der Waals surface area contributed by atoms with Crippen molar-refractivity contribution in [2.45, 2.75) is 31.7 Å². The third-order valence-corrected chi connectivity index (χ3v) is 3.40. The lowest BCUT2D eigenvalue weighted by Gasteiger charge is -2.09. The van der Waals surface area contributed by atoms with Crippen LogP contribution in [0.1, 0.15) is 31.2 Å². The van der Waals surface area contributed by atoms with E-state index < -0.39 is 5.82 Å². The topological polar surface area (TPSA) is 88.8 Å². The normalized spacial score (nSPS) is 13.1. The maximum Gasteiger partial charge on any atom is 0.229 e. The van der Waals surface area contributed by atoms with E-state index in [2.05, 4.69) is 37.4 Å². The monoisotopic (exact) mass is 326 g/mol. The zero-order valence-electron chi connectivity index (χ0n) is 13.2. The average Bonchev–Trinajstić information content (AvgIpc) is 3.37. The standard InChI is InChI=1S/C17H19FN6/c18-13-8-15(11-20-10-13)23-17-21-9-12(4-2-1-3-7-19)16(24-17)22-14-5-6-14/h8-11,14H,1,3,5-7,19H2,(H2,21,22,23,24). The number of unbranched alkanes of at least 4 members (excludes halogenated alkanes) is 1. The van der Waals surface area contributed by atoms with Gasteiger partial charge in [0.15, 0.2) is 0 Å². The molecule has 7 heteroatoms. The van der Waals surface area contributed by atoms with Crippen LogP contribution in [-0.4, -0.2) is 27.5 Å². The number of anilines is 3. The molecule has 124 valence electrons. The van der Waals surface area contributed by atoms with Gasteiger partial charge >= 0.3 is 0 Å². The fraction of sp³-hybridized carbons (Fsp3) is 0.353. The summed E-state index contributed by atoms with van der Waals surface area (Å²) in [5.41, 5.74) is 6.72. The number of nitrogens with two attached hydrogens (primary N) is 1. The molecule has 0 amide bonds. The van der Waals surface area contributed by atoms with E-state index >= 15 is 0 Å². The van der Waals surface area contributed by atoms with E-state index in [1.54, 1.807) is 6.20 Å². The second-order valence-electron chi connectivity index (χ2n) is 5.59. The molecule has 0 unspecified atom stereocenters. The van der Waals surface area contributed by atoms with Crippen LogP contribution in [0.25, 0.3) is 0 Å². The molecule has 0 saturated heterocycles. The van der Waals surface area contributed by atoms with Crippen LogP contribution in [0.5, 0.6) is 0 Å². The summed E-state index contributed by atoms with van der Waals surface area (Å²) < 4.78 is 13.2. The average molecular weight is 326 g/mol. The van der Waals surface area contributed by atoms with E-state index in [0.717, 1.165) is 37.4 Å². The highest BCUT2D eigenvalue weighted by Gasteiger charge is 2.22. The van der Waals surface area contributed by atoms with Gasteiger partial charge in [-0.25, -0.2) is 9.37 Å². The first kappa shape index (κ1) is 16.1. The molecule has 1 aliphatic rings. The predicted octanol–water partition coefficient (Wildman–Crippen LogP) is 2.42. The Balaban J connectivity index is 1.79. The van der Waals surface area contributed by atoms with Gasteiger partial charge in [0.25, 0.3) is 0 Å². The second kappa shape index (κ2) is 7.70. The first-order valence-electron chi connectivity index (χ1n) is 7.94. The molecule has 2 heterocycles. The van der Waals surface area contributed by atoms with Crippen LogP contribution in [0, 0.1) is 17.7 Å².